The van der Waals surface area contributed by atoms with Crippen LogP contribution < -0.4 is 10.1 Å². The standard InChI is InChI=1S/C20H21NO2/c22-20-18(17-7-3-4-8-19(17)21-20)13-14-9-11-16(12-10-14)23-15-5-1-2-6-15/h3-4,7-12,15,18H,1-2,5-6,13H2,(H,21,22)/t18-/m0/s1. The van der Waals surface area contributed by atoms with Gasteiger partial charge in [-0.2, -0.15) is 0 Å². The zero-order chi connectivity index (χ0) is 15.6. The van der Waals surface area contributed by atoms with Gasteiger partial charge < -0.3 is 10.1 Å². The molecule has 1 aliphatic carbocycles. The number of benzene rings is 2. The first kappa shape index (κ1) is 14.3. The quantitative estimate of drug-likeness (QED) is 0.915. The number of para-hydroxylation sites is 1. The van der Waals surface area contributed by atoms with Gasteiger partial charge in [-0.25, -0.2) is 0 Å². The van der Waals surface area contributed by atoms with Gasteiger partial charge in [0.15, 0.2) is 0 Å². The van der Waals surface area contributed by atoms with Crippen molar-refractivity contribution in [2.45, 2.75) is 44.1 Å². The molecule has 1 aliphatic heterocycles. The molecule has 1 heterocycles. The molecule has 1 fully saturated rings. The van der Waals surface area contributed by atoms with Crippen LogP contribution in [0.1, 0.15) is 42.7 Å². The third kappa shape index (κ3) is 2.96. The van der Waals surface area contributed by atoms with E-state index in [1.807, 2.05) is 36.4 Å². The van der Waals surface area contributed by atoms with E-state index in [4.69, 9.17) is 4.74 Å². The summed E-state index contributed by atoms with van der Waals surface area (Å²) in [6, 6.07) is 16.2. The van der Waals surface area contributed by atoms with Crippen molar-refractivity contribution in [3.05, 3.63) is 59.7 Å². The molecule has 0 unspecified atom stereocenters. The number of ether oxygens (including phenoxy) is 1. The number of hydrogen-bond donors (Lipinski definition) is 1. The minimum Gasteiger partial charge on any atom is -0.490 e. The van der Waals surface area contributed by atoms with Crippen molar-refractivity contribution in [1.29, 1.82) is 0 Å². The Kier molecular flexibility index (Phi) is 3.78. The summed E-state index contributed by atoms with van der Waals surface area (Å²) >= 11 is 0. The van der Waals surface area contributed by atoms with Crippen LogP contribution in [0.25, 0.3) is 0 Å². The third-order valence-electron chi connectivity index (χ3n) is 4.88. The van der Waals surface area contributed by atoms with E-state index in [0.717, 1.165) is 23.4 Å². The molecule has 4 rings (SSSR count). The lowest BCUT2D eigenvalue weighted by Gasteiger charge is -2.14. The summed E-state index contributed by atoms with van der Waals surface area (Å²) in [4.78, 5) is 12.2. The van der Waals surface area contributed by atoms with Gasteiger partial charge >= 0.3 is 0 Å². The summed E-state index contributed by atoms with van der Waals surface area (Å²) in [5.74, 6) is 0.946. The van der Waals surface area contributed by atoms with E-state index in [2.05, 4.69) is 17.4 Å². The molecular weight excluding hydrogens is 286 g/mol. The Bertz CT molecular complexity index is 702. The zero-order valence-corrected chi connectivity index (χ0v) is 13.1. The van der Waals surface area contributed by atoms with Crippen molar-refractivity contribution in [2.24, 2.45) is 0 Å². The molecule has 3 nitrogen and oxygen atoms in total. The largest absolute Gasteiger partial charge is 0.490 e. The smallest absolute Gasteiger partial charge is 0.232 e. The van der Waals surface area contributed by atoms with Gasteiger partial charge in [-0.15, -0.1) is 0 Å². The summed E-state index contributed by atoms with van der Waals surface area (Å²) < 4.78 is 6.00. The minimum absolute atomic E-state index is 0.0900. The van der Waals surface area contributed by atoms with Crippen LogP contribution in [0.5, 0.6) is 5.75 Å². The number of carbonyl (C=O) groups excluding carboxylic acids is 1. The van der Waals surface area contributed by atoms with Crippen molar-refractivity contribution in [3.8, 4) is 5.75 Å². The number of hydrogen-bond acceptors (Lipinski definition) is 2. The molecule has 0 saturated heterocycles. The topological polar surface area (TPSA) is 38.3 Å². The molecule has 118 valence electrons. The van der Waals surface area contributed by atoms with Crippen LogP contribution in [-0.2, 0) is 11.2 Å². The van der Waals surface area contributed by atoms with Gasteiger partial charge in [-0.05, 0) is 61.4 Å². The number of fused-ring (bicyclic) bond motifs is 1. The predicted molar refractivity (Wildman–Crippen MR) is 90.8 cm³/mol. The Morgan fingerprint density at radius 2 is 1.74 bits per heavy atom. The van der Waals surface area contributed by atoms with E-state index in [1.165, 1.54) is 31.2 Å². The molecule has 2 aliphatic rings. The summed E-state index contributed by atoms with van der Waals surface area (Å²) in [6.07, 6.45) is 6.00. The summed E-state index contributed by atoms with van der Waals surface area (Å²) in [5, 5.41) is 2.96. The maximum atomic E-state index is 12.2. The number of amides is 1. The van der Waals surface area contributed by atoms with Gasteiger partial charge in [-0.1, -0.05) is 30.3 Å². The summed E-state index contributed by atoms with van der Waals surface area (Å²) in [6.45, 7) is 0. The summed E-state index contributed by atoms with van der Waals surface area (Å²) in [5.41, 5.74) is 3.22. The lowest BCUT2D eigenvalue weighted by atomic mass is 9.93. The van der Waals surface area contributed by atoms with Gasteiger partial charge in [0.1, 0.15) is 5.75 Å². The maximum Gasteiger partial charge on any atom is 0.232 e. The van der Waals surface area contributed by atoms with Gasteiger partial charge in [0.2, 0.25) is 5.91 Å². The van der Waals surface area contributed by atoms with E-state index in [9.17, 15) is 4.79 Å². The third-order valence-corrected chi connectivity index (χ3v) is 4.88. The number of rotatable bonds is 4. The van der Waals surface area contributed by atoms with Crippen molar-refractivity contribution in [1.82, 2.24) is 0 Å². The van der Waals surface area contributed by atoms with Crippen LogP contribution in [0.2, 0.25) is 0 Å². The fourth-order valence-corrected chi connectivity index (χ4v) is 3.62. The molecule has 0 radical (unpaired) electrons. The Morgan fingerprint density at radius 3 is 2.52 bits per heavy atom. The second kappa shape index (κ2) is 6.07. The average molecular weight is 307 g/mol. The normalized spacial score (nSPS) is 20.3. The van der Waals surface area contributed by atoms with Gasteiger partial charge in [0.25, 0.3) is 0 Å². The number of carbonyl (C=O) groups is 1. The van der Waals surface area contributed by atoms with E-state index in [-0.39, 0.29) is 11.8 Å². The predicted octanol–water partition coefficient (Wildman–Crippen LogP) is 4.29. The van der Waals surface area contributed by atoms with E-state index in [1.54, 1.807) is 0 Å². The highest BCUT2D eigenvalue weighted by Gasteiger charge is 2.30. The Hall–Kier alpha value is -2.29. The van der Waals surface area contributed by atoms with Gasteiger partial charge in [-0.3, -0.25) is 4.79 Å². The summed E-state index contributed by atoms with van der Waals surface area (Å²) in [7, 11) is 0. The molecule has 1 amide bonds. The van der Waals surface area contributed by atoms with Crippen molar-refractivity contribution in [3.63, 3.8) is 0 Å². The van der Waals surface area contributed by atoms with Crippen molar-refractivity contribution in [2.75, 3.05) is 5.32 Å². The Balaban J connectivity index is 1.46. The lowest BCUT2D eigenvalue weighted by Crippen LogP contribution is -2.14. The fraction of sp³-hybridized carbons (Fsp3) is 0.350. The first-order valence-electron chi connectivity index (χ1n) is 8.45. The second-order valence-corrected chi connectivity index (χ2v) is 6.50. The number of anilines is 1. The minimum atomic E-state index is -0.0900. The van der Waals surface area contributed by atoms with Crippen LogP contribution in [0.4, 0.5) is 5.69 Å². The van der Waals surface area contributed by atoms with Crippen molar-refractivity contribution >= 4 is 11.6 Å². The zero-order valence-electron chi connectivity index (χ0n) is 13.1. The molecular formula is C20H21NO2. The van der Waals surface area contributed by atoms with Gasteiger partial charge in [0.05, 0.1) is 12.0 Å². The highest BCUT2D eigenvalue weighted by atomic mass is 16.5. The maximum absolute atomic E-state index is 12.2. The molecule has 1 saturated carbocycles. The van der Waals surface area contributed by atoms with Crippen LogP contribution in [0.3, 0.4) is 0 Å². The molecule has 2 aromatic carbocycles. The monoisotopic (exact) mass is 307 g/mol. The Morgan fingerprint density at radius 1 is 1.00 bits per heavy atom. The van der Waals surface area contributed by atoms with Crippen LogP contribution in [0.15, 0.2) is 48.5 Å². The van der Waals surface area contributed by atoms with Crippen LogP contribution in [0, 0.1) is 0 Å². The highest BCUT2D eigenvalue weighted by Crippen LogP contribution is 2.34. The molecule has 0 aromatic heterocycles. The van der Waals surface area contributed by atoms with Gasteiger partial charge in [0, 0.05) is 5.69 Å². The SMILES string of the molecule is O=C1Nc2ccccc2[C@@H]1Cc1ccc(OC2CCCC2)cc1. The van der Waals surface area contributed by atoms with E-state index in [0.29, 0.717) is 6.10 Å². The Labute approximate surface area is 136 Å². The van der Waals surface area contributed by atoms with E-state index >= 15 is 0 Å². The first-order valence-corrected chi connectivity index (χ1v) is 8.45. The molecule has 2 aromatic rings. The molecule has 0 bridgehead atoms. The number of nitrogens with one attached hydrogen (secondary N) is 1. The lowest BCUT2D eigenvalue weighted by molar-refractivity contribution is -0.117. The fourth-order valence-electron chi connectivity index (χ4n) is 3.62. The van der Waals surface area contributed by atoms with Crippen LogP contribution >= 0.6 is 0 Å². The molecule has 1 N–H and O–H groups in total. The first-order chi connectivity index (χ1) is 11.3. The second-order valence-electron chi connectivity index (χ2n) is 6.50. The molecule has 0 spiro atoms. The molecule has 1 atom stereocenters. The van der Waals surface area contributed by atoms with E-state index < -0.39 is 0 Å². The van der Waals surface area contributed by atoms with Crippen molar-refractivity contribution < 1.29 is 9.53 Å². The highest BCUT2D eigenvalue weighted by molar-refractivity contribution is 6.03. The molecule has 3 heteroatoms. The average Bonchev–Trinajstić information content (AvgIpc) is 3.18. The molecule has 23 heavy (non-hydrogen) atoms. The van der Waals surface area contributed by atoms with Crippen LogP contribution in [-0.4, -0.2) is 12.0 Å².